The van der Waals surface area contributed by atoms with Crippen molar-refractivity contribution in [1.82, 2.24) is 10.2 Å². The molecule has 0 atom stereocenters. The molecule has 0 aromatic heterocycles. The molecule has 4 amide bonds. The van der Waals surface area contributed by atoms with Crippen LogP contribution in [-0.4, -0.2) is 34.8 Å². The fraction of sp³-hybridized carbons (Fsp3) is 0.375. The molecule has 0 unspecified atom stereocenters. The van der Waals surface area contributed by atoms with Gasteiger partial charge in [0.1, 0.15) is 12.1 Å². The zero-order chi connectivity index (χ0) is 21.8. The van der Waals surface area contributed by atoms with Crippen molar-refractivity contribution < 1.29 is 14.4 Å². The van der Waals surface area contributed by atoms with E-state index in [2.05, 4.69) is 22.9 Å². The van der Waals surface area contributed by atoms with E-state index < -0.39 is 17.5 Å². The molecule has 162 valence electrons. The van der Waals surface area contributed by atoms with Crippen LogP contribution in [0.3, 0.4) is 0 Å². The number of nitrogens with one attached hydrogen (secondary N) is 3. The van der Waals surface area contributed by atoms with Gasteiger partial charge in [-0.2, -0.15) is 0 Å². The van der Waals surface area contributed by atoms with E-state index in [1.54, 1.807) is 12.1 Å². The van der Waals surface area contributed by atoms with Gasteiger partial charge in [0.25, 0.3) is 5.91 Å². The Labute approximate surface area is 182 Å². The molecule has 1 heterocycles. The average molecular weight is 421 g/mol. The van der Waals surface area contributed by atoms with Crippen LogP contribution in [0.1, 0.15) is 39.0 Å². The molecule has 2 aromatic carbocycles. The molecule has 4 rings (SSSR count). The molecule has 1 saturated carbocycles. The van der Waals surface area contributed by atoms with Crippen molar-refractivity contribution in [3.05, 3.63) is 54.6 Å². The number of hydrogen-bond acceptors (Lipinski definition) is 4. The minimum atomic E-state index is -0.826. The number of rotatable bonds is 6. The Morgan fingerprint density at radius 1 is 1.00 bits per heavy atom. The Morgan fingerprint density at radius 2 is 1.61 bits per heavy atom. The quantitative estimate of drug-likeness (QED) is 0.609. The average Bonchev–Trinajstić information content (AvgIpc) is 3.00. The minimum Gasteiger partial charge on any atom is -0.356 e. The molecular weight excluding hydrogens is 392 g/mol. The van der Waals surface area contributed by atoms with Crippen molar-refractivity contribution in [2.45, 2.75) is 44.6 Å². The molecule has 0 bridgehead atoms. The zero-order valence-corrected chi connectivity index (χ0v) is 17.7. The SMILES string of the molecule is CCC1CCC2(CC1)NC(=O)N(CC(=O)Nc1ccc(Nc3ccccc3)cc1)C2=O. The van der Waals surface area contributed by atoms with Crippen LogP contribution in [0.4, 0.5) is 21.9 Å². The standard InChI is InChI=1S/C24H28N4O3/c1-2-17-12-14-24(15-13-17)22(30)28(23(31)27-24)16-21(29)26-20-10-8-19(9-11-20)25-18-6-4-3-5-7-18/h3-11,17,25H,2,12-16H2,1H3,(H,26,29)(H,27,31). The summed E-state index contributed by atoms with van der Waals surface area (Å²) in [5.41, 5.74) is 1.64. The molecule has 2 aliphatic rings. The summed E-state index contributed by atoms with van der Waals surface area (Å²) in [7, 11) is 0. The molecule has 3 N–H and O–H groups in total. The van der Waals surface area contributed by atoms with Gasteiger partial charge in [-0.15, -0.1) is 0 Å². The fourth-order valence-corrected chi connectivity index (χ4v) is 4.41. The maximum atomic E-state index is 12.9. The number of urea groups is 1. The highest BCUT2D eigenvalue weighted by atomic mass is 16.2. The second-order valence-corrected chi connectivity index (χ2v) is 8.37. The summed E-state index contributed by atoms with van der Waals surface area (Å²) < 4.78 is 0. The summed E-state index contributed by atoms with van der Waals surface area (Å²) in [6, 6.07) is 16.6. The largest absolute Gasteiger partial charge is 0.356 e. The molecule has 1 saturated heterocycles. The van der Waals surface area contributed by atoms with Gasteiger partial charge in [0.15, 0.2) is 0 Å². The van der Waals surface area contributed by atoms with E-state index in [0.717, 1.165) is 35.5 Å². The van der Waals surface area contributed by atoms with Crippen molar-refractivity contribution in [3.8, 4) is 0 Å². The summed E-state index contributed by atoms with van der Waals surface area (Å²) in [6.07, 6.45) is 4.22. The number of imide groups is 1. The molecule has 1 spiro atoms. The van der Waals surface area contributed by atoms with Gasteiger partial charge >= 0.3 is 6.03 Å². The maximum Gasteiger partial charge on any atom is 0.325 e. The summed E-state index contributed by atoms with van der Waals surface area (Å²) in [6.45, 7) is 1.87. The summed E-state index contributed by atoms with van der Waals surface area (Å²) in [5, 5.41) is 8.91. The number of anilines is 3. The Balaban J connectivity index is 1.33. The third kappa shape index (κ3) is 4.55. The van der Waals surface area contributed by atoms with Crippen LogP contribution in [0.2, 0.25) is 0 Å². The summed E-state index contributed by atoms with van der Waals surface area (Å²) in [5.74, 6) is -0.0665. The second kappa shape index (κ2) is 8.79. The van der Waals surface area contributed by atoms with Crippen LogP contribution >= 0.6 is 0 Å². The number of benzene rings is 2. The van der Waals surface area contributed by atoms with Gasteiger partial charge in [0, 0.05) is 17.1 Å². The first kappa shape index (κ1) is 20.9. The van der Waals surface area contributed by atoms with Crippen molar-refractivity contribution >= 4 is 34.9 Å². The van der Waals surface area contributed by atoms with Gasteiger partial charge in [0.05, 0.1) is 0 Å². The van der Waals surface area contributed by atoms with E-state index >= 15 is 0 Å². The Hall–Kier alpha value is -3.35. The Kier molecular flexibility index (Phi) is 5.93. The number of hydrogen-bond donors (Lipinski definition) is 3. The highest BCUT2D eigenvalue weighted by molar-refractivity contribution is 6.10. The fourth-order valence-electron chi connectivity index (χ4n) is 4.41. The molecule has 2 aromatic rings. The first-order valence-corrected chi connectivity index (χ1v) is 10.9. The first-order valence-electron chi connectivity index (χ1n) is 10.9. The van der Waals surface area contributed by atoms with Crippen molar-refractivity contribution in [1.29, 1.82) is 0 Å². The number of carbonyl (C=O) groups is 3. The van der Waals surface area contributed by atoms with E-state index in [1.165, 1.54) is 0 Å². The van der Waals surface area contributed by atoms with E-state index in [0.29, 0.717) is 24.4 Å². The lowest BCUT2D eigenvalue weighted by Crippen LogP contribution is -2.49. The van der Waals surface area contributed by atoms with Crippen LogP contribution in [0.15, 0.2) is 54.6 Å². The van der Waals surface area contributed by atoms with Crippen LogP contribution in [-0.2, 0) is 9.59 Å². The Morgan fingerprint density at radius 3 is 2.26 bits per heavy atom. The van der Waals surface area contributed by atoms with Gasteiger partial charge in [-0.1, -0.05) is 31.5 Å². The summed E-state index contributed by atoms with van der Waals surface area (Å²) >= 11 is 0. The van der Waals surface area contributed by atoms with E-state index in [1.807, 2.05) is 42.5 Å². The maximum absolute atomic E-state index is 12.9. The van der Waals surface area contributed by atoms with Crippen molar-refractivity contribution in [2.75, 3.05) is 17.2 Å². The van der Waals surface area contributed by atoms with Crippen LogP contribution < -0.4 is 16.0 Å². The highest BCUT2D eigenvalue weighted by Crippen LogP contribution is 2.37. The second-order valence-electron chi connectivity index (χ2n) is 8.37. The Bertz CT molecular complexity index is 951. The molecule has 31 heavy (non-hydrogen) atoms. The van der Waals surface area contributed by atoms with Gasteiger partial charge < -0.3 is 16.0 Å². The lowest BCUT2D eigenvalue weighted by molar-refractivity contribution is -0.135. The summed E-state index contributed by atoms with van der Waals surface area (Å²) in [4.78, 5) is 38.9. The van der Waals surface area contributed by atoms with E-state index in [4.69, 9.17) is 0 Å². The predicted molar refractivity (Wildman–Crippen MR) is 120 cm³/mol. The van der Waals surface area contributed by atoms with Crippen LogP contribution in [0.25, 0.3) is 0 Å². The normalized spacial score (nSPS) is 23.0. The van der Waals surface area contributed by atoms with E-state index in [9.17, 15) is 14.4 Å². The van der Waals surface area contributed by atoms with Crippen molar-refractivity contribution in [3.63, 3.8) is 0 Å². The molecule has 1 aliphatic heterocycles. The molecule has 1 aliphatic carbocycles. The third-order valence-electron chi connectivity index (χ3n) is 6.31. The monoisotopic (exact) mass is 420 g/mol. The lowest BCUT2D eigenvalue weighted by Gasteiger charge is -2.34. The minimum absolute atomic E-state index is 0.274. The number of carbonyl (C=O) groups excluding carboxylic acids is 3. The van der Waals surface area contributed by atoms with E-state index in [-0.39, 0.29) is 12.5 Å². The van der Waals surface area contributed by atoms with Gasteiger partial charge in [-0.3, -0.25) is 14.5 Å². The molecule has 7 nitrogen and oxygen atoms in total. The first-order chi connectivity index (χ1) is 15.0. The molecule has 7 heteroatoms. The molecule has 0 radical (unpaired) electrons. The van der Waals surface area contributed by atoms with Crippen molar-refractivity contribution in [2.24, 2.45) is 5.92 Å². The third-order valence-corrected chi connectivity index (χ3v) is 6.31. The van der Waals surface area contributed by atoms with Gasteiger partial charge in [0.2, 0.25) is 5.91 Å². The van der Waals surface area contributed by atoms with Crippen LogP contribution in [0, 0.1) is 5.92 Å². The van der Waals surface area contributed by atoms with Gasteiger partial charge in [-0.05, 0) is 68.0 Å². The number of para-hydroxylation sites is 1. The zero-order valence-electron chi connectivity index (χ0n) is 17.7. The smallest absolute Gasteiger partial charge is 0.325 e. The topological polar surface area (TPSA) is 90.5 Å². The number of amides is 4. The molecular formula is C24H28N4O3. The van der Waals surface area contributed by atoms with Gasteiger partial charge in [-0.25, -0.2) is 4.79 Å². The molecule has 2 fully saturated rings. The number of nitrogens with zero attached hydrogens (tertiary/aromatic N) is 1. The van der Waals surface area contributed by atoms with Crippen LogP contribution in [0.5, 0.6) is 0 Å². The predicted octanol–water partition coefficient (Wildman–Crippen LogP) is 4.26. The highest BCUT2D eigenvalue weighted by Gasteiger charge is 2.52. The lowest BCUT2D eigenvalue weighted by atomic mass is 9.75.